The van der Waals surface area contributed by atoms with E-state index >= 15 is 0 Å². The van der Waals surface area contributed by atoms with Crippen molar-refractivity contribution in [2.45, 2.75) is 45.6 Å². The van der Waals surface area contributed by atoms with Crippen LogP contribution in [0.5, 0.6) is 5.75 Å². The Hall–Kier alpha value is -4.39. The Morgan fingerprint density at radius 3 is 2.56 bits per heavy atom. The average Bonchev–Trinajstić information content (AvgIpc) is 3.47. The summed E-state index contributed by atoms with van der Waals surface area (Å²) in [6, 6.07) is 16.9. The minimum atomic E-state index is -4.76. The van der Waals surface area contributed by atoms with Crippen LogP contribution < -0.4 is 15.0 Å². The van der Waals surface area contributed by atoms with Crippen LogP contribution in [0.1, 0.15) is 31.4 Å². The highest BCUT2D eigenvalue weighted by Crippen LogP contribution is 2.32. The van der Waals surface area contributed by atoms with Crippen LogP contribution in [0.15, 0.2) is 78.0 Å². The van der Waals surface area contributed by atoms with E-state index in [-0.39, 0.29) is 24.2 Å². The maximum absolute atomic E-state index is 13.9. The molecule has 1 fully saturated rings. The normalized spacial score (nSPS) is 16.4. The molecular formula is C30H28F4N6O2S. The lowest BCUT2D eigenvalue weighted by molar-refractivity contribution is -0.274. The zero-order chi connectivity index (χ0) is 30.6. The fraction of sp³-hybridized carbons (Fsp3) is 0.267. The summed E-state index contributed by atoms with van der Waals surface area (Å²) in [6.45, 7) is 4.29. The molecule has 5 rings (SSSR count). The predicted molar refractivity (Wildman–Crippen MR) is 158 cm³/mol. The summed E-state index contributed by atoms with van der Waals surface area (Å²) in [6.07, 6.45) is -1.73. The van der Waals surface area contributed by atoms with Gasteiger partial charge in [0.25, 0.3) is 0 Å². The summed E-state index contributed by atoms with van der Waals surface area (Å²) in [5.41, 5.74) is 3.79. The van der Waals surface area contributed by atoms with Crippen LogP contribution in [0.3, 0.4) is 0 Å². The molecule has 0 spiro atoms. The number of amidine groups is 1. The van der Waals surface area contributed by atoms with Crippen molar-refractivity contribution in [3.63, 3.8) is 0 Å². The zero-order valence-electron chi connectivity index (χ0n) is 23.3. The number of thioether (sulfide) groups is 1. The van der Waals surface area contributed by atoms with Gasteiger partial charge in [-0.2, -0.15) is 4.99 Å². The molecule has 4 aromatic rings. The summed E-state index contributed by atoms with van der Waals surface area (Å²) in [5.74, 6) is 0.634. The number of carbonyl (C=O) groups excluding carboxylic acids is 1. The number of anilines is 1. The third kappa shape index (κ3) is 7.53. The van der Waals surface area contributed by atoms with Gasteiger partial charge in [-0.25, -0.2) is 18.9 Å². The fourth-order valence-electron chi connectivity index (χ4n) is 4.60. The predicted octanol–water partition coefficient (Wildman–Crippen LogP) is 7.13. The Labute approximate surface area is 249 Å². The van der Waals surface area contributed by atoms with Gasteiger partial charge in [0.05, 0.1) is 5.69 Å². The second-order valence-electron chi connectivity index (χ2n) is 9.79. The van der Waals surface area contributed by atoms with Crippen LogP contribution in [0.2, 0.25) is 0 Å². The van der Waals surface area contributed by atoms with Gasteiger partial charge >= 0.3 is 12.4 Å². The number of halogens is 4. The SMILES string of the molecule is CCc1cc(F)ccc1N1C(=NC(=O)NCc2ccc(-c3ncn(-c4ccc(OC(F)(F)F)cc4)n3)cc2)SCCC1C. The molecule has 3 aromatic carbocycles. The van der Waals surface area contributed by atoms with E-state index < -0.39 is 12.4 Å². The number of carbonyl (C=O) groups is 1. The molecule has 1 saturated heterocycles. The molecule has 0 radical (unpaired) electrons. The quantitative estimate of drug-likeness (QED) is 0.224. The van der Waals surface area contributed by atoms with Crippen molar-refractivity contribution in [2.24, 2.45) is 4.99 Å². The van der Waals surface area contributed by atoms with E-state index in [0.717, 1.165) is 34.6 Å². The van der Waals surface area contributed by atoms with Gasteiger partial charge in [-0.05, 0) is 73.4 Å². The van der Waals surface area contributed by atoms with Crippen LogP contribution in [-0.4, -0.2) is 44.1 Å². The van der Waals surface area contributed by atoms with Crippen LogP contribution >= 0.6 is 11.8 Å². The van der Waals surface area contributed by atoms with E-state index in [1.54, 1.807) is 6.07 Å². The lowest BCUT2D eigenvalue weighted by atomic mass is 10.1. The molecule has 0 saturated carbocycles. The Balaban J connectivity index is 1.22. The third-order valence-electron chi connectivity index (χ3n) is 6.78. The molecule has 0 bridgehead atoms. The largest absolute Gasteiger partial charge is 0.573 e. The molecule has 2 heterocycles. The Kier molecular flexibility index (Phi) is 9.00. The monoisotopic (exact) mass is 612 g/mol. The Morgan fingerprint density at radius 1 is 1.12 bits per heavy atom. The molecule has 1 atom stereocenters. The summed E-state index contributed by atoms with van der Waals surface area (Å²) >= 11 is 1.50. The molecule has 224 valence electrons. The van der Waals surface area contributed by atoms with Crippen molar-refractivity contribution in [1.29, 1.82) is 0 Å². The molecular weight excluding hydrogens is 584 g/mol. The number of benzene rings is 3. The van der Waals surface area contributed by atoms with Crippen molar-refractivity contribution in [3.8, 4) is 22.8 Å². The van der Waals surface area contributed by atoms with Crippen molar-refractivity contribution < 1.29 is 27.1 Å². The van der Waals surface area contributed by atoms with Gasteiger partial charge in [-0.1, -0.05) is 43.0 Å². The highest BCUT2D eigenvalue weighted by Gasteiger charge is 2.31. The molecule has 1 aromatic heterocycles. The number of rotatable bonds is 7. The van der Waals surface area contributed by atoms with Gasteiger partial charge in [0, 0.05) is 29.6 Å². The summed E-state index contributed by atoms with van der Waals surface area (Å²) < 4.78 is 56.4. The van der Waals surface area contributed by atoms with Crippen LogP contribution in [0, 0.1) is 5.82 Å². The number of nitrogens with zero attached hydrogens (tertiary/aromatic N) is 5. The van der Waals surface area contributed by atoms with E-state index in [1.807, 2.05) is 36.1 Å². The number of aromatic nitrogens is 3. The number of amides is 2. The molecule has 2 amide bonds. The van der Waals surface area contributed by atoms with Crippen molar-refractivity contribution in [2.75, 3.05) is 10.7 Å². The van der Waals surface area contributed by atoms with Gasteiger partial charge < -0.3 is 15.0 Å². The second kappa shape index (κ2) is 12.9. The maximum Gasteiger partial charge on any atom is 0.573 e. The first-order chi connectivity index (χ1) is 20.6. The zero-order valence-corrected chi connectivity index (χ0v) is 24.1. The molecule has 0 aliphatic carbocycles. The number of ether oxygens (including phenoxy) is 1. The highest BCUT2D eigenvalue weighted by molar-refractivity contribution is 8.14. The molecule has 1 unspecified atom stereocenters. The van der Waals surface area contributed by atoms with Gasteiger partial charge in [-0.15, -0.1) is 18.3 Å². The number of nitrogens with one attached hydrogen (secondary N) is 1. The lowest BCUT2D eigenvalue weighted by Crippen LogP contribution is -2.42. The maximum atomic E-state index is 13.9. The van der Waals surface area contributed by atoms with E-state index in [9.17, 15) is 22.4 Å². The summed E-state index contributed by atoms with van der Waals surface area (Å²) in [4.78, 5) is 23.5. The van der Waals surface area contributed by atoms with E-state index in [2.05, 4.69) is 32.1 Å². The third-order valence-corrected chi connectivity index (χ3v) is 7.76. The number of aliphatic imine (C=N–C) groups is 1. The number of alkyl halides is 3. The van der Waals surface area contributed by atoms with Crippen molar-refractivity contribution in [1.82, 2.24) is 20.1 Å². The Bertz CT molecular complexity index is 1610. The van der Waals surface area contributed by atoms with Crippen molar-refractivity contribution in [3.05, 3.63) is 90.0 Å². The highest BCUT2D eigenvalue weighted by atomic mass is 32.2. The van der Waals surface area contributed by atoms with Gasteiger partial charge in [0.1, 0.15) is 17.9 Å². The number of urea groups is 1. The van der Waals surface area contributed by atoms with Crippen molar-refractivity contribution >= 4 is 28.6 Å². The topological polar surface area (TPSA) is 84.6 Å². The number of hydrogen-bond acceptors (Lipinski definition) is 5. The molecule has 13 heteroatoms. The van der Waals surface area contributed by atoms with E-state index in [0.29, 0.717) is 23.1 Å². The minimum absolute atomic E-state index is 0.107. The van der Waals surface area contributed by atoms with Gasteiger partial charge in [0.15, 0.2) is 11.0 Å². The molecule has 43 heavy (non-hydrogen) atoms. The fourth-order valence-corrected chi connectivity index (χ4v) is 5.81. The summed E-state index contributed by atoms with van der Waals surface area (Å²) in [7, 11) is 0. The van der Waals surface area contributed by atoms with Gasteiger partial charge in [0.2, 0.25) is 0 Å². The van der Waals surface area contributed by atoms with E-state index in [1.165, 1.54) is 59.2 Å². The molecule has 8 nitrogen and oxygen atoms in total. The first kappa shape index (κ1) is 30.1. The lowest BCUT2D eigenvalue weighted by Gasteiger charge is -2.36. The van der Waals surface area contributed by atoms with Gasteiger partial charge in [-0.3, -0.25) is 0 Å². The standard InChI is InChI=1S/C30H28F4N6O2S/c1-3-21-16-23(31)8-13-26(21)40-19(2)14-15-43-29(40)37-28(41)35-17-20-4-6-22(7-5-20)27-36-18-39(38-27)24-9-11-25(12-10-24)42-30(32,33)34/h4-13,16,18-19H,3,14-15,17H2,1-2H3,(H,35,41). The van der Waals surface area contributed by atoms with E-state index in [4.69, 9.17) is 0 Å². The molecule has 1 aliphatic heterocycles. The second-order valence-corrected chi connectivity index (χ2v) is 10.8. The number of hydrogen-bond donors (Lipinski definition) is 1. The minimum Gasteiger partial charge on any atom is -0.406 e. The number of aryl methyl sites for hydroxylation is 1. The molecule has 1 aliphatic rings. The Morgan fingerprint density at radius 2 is 1.86 bits per heavy atom. The van der Waals surface area contributed by atoms with Crippen LogP contribution in [0.25, 0.3) is 17.1 Å². The first-order valence-corrected chi connectivity index (χ1v) is 14.5. The first-order valence-electron chi connectivity index (χ1n) is 13.5. The molecule has 1 N–H and O–H groups in total. The summed E-state index contributed by atoms with van der Waals surface area (Å²) in [5, 5.41) is 7.82. The van der Waals surface area contributed by atoms with Crippen LogP contribution in [0.4, 0.5) is 28.0 Å². The average molecular weight is 613 g/mol. The van der Waals surface area contributed by atoms with Crippen LogP contribution in [-0.2, 0) is 13.0 Å². The smallest absolute Gasteiger partial charge is 0.406 e.